The molecule has 2 fully saturated rings. The molecular weight excluding hydrogens is 286 g/mol. The molecule has 2 saturated carbocycles. The molecule has 0 heterocycles. The normalized spacial score (nSPS) is 31.7. The summed E-state index contributed by atoms with van der Waals surface area (Å²) in [4.78, 5) is 14.9. The molecule has 0 radical (unpaired) electrons. The predicted molar refractivity (Wildman–Crippen MR) is 95.4 cm³/mol. The fourth-order valence-corrected chi connectivity index (χ4v) is 4.94. The zero-order chi connectivity index (χ0) is 17.1. The summed E-state index contributed by atoms with van der Waals surface area (Å²) in [6.45, 7) is 13.8. The Morgan fingerprint density at radius 3 is 2.22 bits per heavy atom. The second kappa shape index (κ2) is 7.55. The van der Waals surface area contributed by atoms with Gasteiger partial charge in [-0.25, -0.2) is 0 Å². The number of fused-ring (bicyclic) bond motifs is 2. The van der Waals surface area contributed by atoms with Crippen LogP contribution in [-0.2, 0) is 9.53 Å². The van der Waals surface area contributed by atoms with Crippen LogP contribution in [0.3, 0.4) is 0 Å². The highest BCUT2D eigenvalue weighted by atomic mass is 16.5. The van der Waals surface area contributed by atoms with Crippen LogP contribution in [0.2, 0.25) is 0 Å². The van der Waals surface area contributed by atoms with Crippen molar-refractivity contribution in [1.82, 2.24) is 4.90 Å². The highest BCUT2D eigenvalue weighted by molar-refractivity contribution is 5.72. The van der Waals surface area contributed by atoms with Crippen LogP contribution < -0.4 is 0 Å². The molecule has 3 heteroatoms. The number of ether oxygens (including phenoxy) is 1. The van der Waals surface area contributed by atoms with Gasteiger partial charge in [-0.3, -0.25) is 9.69 Å². The lowest BCUT2D eigenvalue weighted by Gasteiger charge is -2.42. The third-order valence-corrected chi connectivity index (χ3v) is 6.40. The van der Waals surface area contributed by atoms with Gasteiger partial charge < -0.3 is 4.74 Å². The van der Waals surface area contributed by atoms with Crippen molar-refractivity contribution in [1.29, 1.82) is 0 Å². The van der Waals surface area contributed by atoms with E-state index < -0.39 is 0 Å². The standard InChI is InChI=1S/C20H37NO2/c1-6-8-12-21(13-9-7-2)15-17(22)23-18-19(3,4)16-10-11-20(18,5)14-16/h16,18H,6-15H2,1-5H3/t16-,18-,20+/m1/s1. The van der Waals surface area contributed by atoms with Crippen molar-refractivity contribution < 1.29 is 9.53 Å². The van der Waals surface area contributed by atoms with E-state index in [1.165, 1.54) is 32.1 Å². The molecule has 0 spiro atoms. The molecule has 2 aliphatic carbocycles. The molecule has 0 aromatic carbocycles. The minimum absolute atomic E-state index is 0.0101. The quantitative estimate of drug-likeness (QED) is 0.579. The summed E-state index contributed by atoms with van der Waals surface area (Å²) in [7, 11) is 0. The molecule has 0 amide bonds. The molecule has 23 heavy (non-hydrogen) atoms. The number of rotatable bonds is 9. The SMILES string of the molecule is CCCCN(CCCC)CC(=O)O[C@@H]1C(C)(C)[C@@H]2CC[C@@]1(C)C2. The summed E-state index contributed by atoms with van der Waals surface area (Å²) in [5.74, 6) is 0.714. The lowest BCUT2D eigenvalue weighted by atomic mass is 9.70. The van der Waals surface area contributed by atoms with E-state index in [4.69, 9.17) is 4.74 Å². The van der Waals surface area contributed by atoms with Crippen molar-refractivity contribution in [2.24, 2.45) is 16.7 Å². The van der Waals surface area contributed by atoms with Crippen LogP contribution >= 0.6 is 0 Å². The van der Waals surface area contributed by atoms with Gasteiger partial charge in [0.2, 0.25) is 0 Å². The van der Waals surface area contributed by atoms with Crippen molar-refractivity contribution in [2.75, 3.05) is 19.6 Å². The van der Waals surface area contributed by atoms with Crippen molar-refractivity contribution >= 4 is 5.97 Å². The summed E-state index contributed by atoms with van der Waals surface area (Å²) < 4.78 is 6.07. The number of hydrogen-bond donors (Lipinski definition) is 0. The second-order valence-corrected chi connectivity index (χ2v) is 8.77. The molecule has 0 saturated heterocycles. The predicted octanol–water partition coefficient (Wildman–Crippen LogP) is 4.65. The largest absolute Gasteiger partial charge is 0.460 e. The van der Waals surface area contributed by atoms with E-state index in [-0.39, 0.29) is 22.9 Å². The lowest BCUT2D eigenvalue weighted by Crippen LogP contribution is -2.45. The van der Waals surface area contributed by atoms with Gasteiger partial charge in [-0.15, -0.1) is 0 Å². The molecule has 0 N–H and O–H groups in total. The van der Waals surface area contributed by atoms with Crippen LogP contribution in [0.15, 0.2) is 0 Å². The molecule has 134 valence electrons. The molecule has 3 nitrogen and oxygen atoms in total. The summed E-state index contributed by atoms with van der Waals surface area (Å²) >= 11 is 0. The average Bonchev–Trinajstić information content (AvgIpc) is 2.97. The first-order valence-corrected chi connectivity index (χ1v) is 9.75. The molecular formula is C20H37NO2. The Hall–Kier alpha value is -0.570. The Balaban J connectivity index is 1.92. The van der Waals surface area contributed by atoms with Gasteiger partial charge in [-0.05, 0) is 51.1 Å². The van der Waals surface area contributed by atoms with E-state index >= 15 is 0 Å². The first-order valence-electron chi connectivity index (χ1n) is 9.75. The summed E-state index contributed by atoms with van der Waals surface area (Å²) in [5.41, 5.74) is 0.349. The number of hydrogen-bond acceptors (Lipinski definition) is 3. The topological polar surface area (TPSA) is 29.5 Å². The van der Waals surface area contributed by atoms with Gasteiger partial charge in [0, 0.05) is 10.8 Å². The van der Waals surface area contributed by atoms with E-state index in [1.807, 2.05) is 0 Å². The van der Waals surface area contributed by atoms with Crippen LogP contribution in [0, 0.1) is 16.7 Å². The molecule has 2 bridgehead atoms. The highest BCUT2D eigenvalue weighted by Crippen LogP contribution is 2.63. The number of nitrogens with zero attached hydrogens (tertiary/aromatic N) is 1. The summed E-state index contributed by atoms with van der Waals surface area (Å²) in [5, 5.41) is 0. The summed E-state index contributed by atoms with van der Waals surface area (Å²) in [6, 6.07) is 0. The van der Waals surface area contributed by atoms with Crippen LogP contribution in [0.25, 0.3) is 0 Å². The molecule has 0 aromatic rings. The Kier molecular flexibility index (Phi) is 6.16. The number of esters is 1. The van der Waals surface area contributed by atoms with Crippen molar-refractivity contribution in [3.8, 4) is 0 Å². The minimum Gasteiger partial charge on any atom is -0.460 e. The van der Waals surface area contributed by atoms with Crippen molar-refractivity contribution in [3.63, 3.8) is 0 Å². The molecule has 2 rings (SSSR count). The molecule has 0 aromatic heterocycles. The first kappa shape index (κ1) is 18.8. The van der Waals surface area contributed by atoms with E-state index in [1.54, 1.807) is 0 Å². The molecule has 2 aliphatic rings. The Labute approximate surface area is 143 Å². The van der Waals surface area contributed by atoms with Crippen LogP contribution in [0.4, 0.5) is 0 Å². The van der Waals surface area contributed by atoms with Gasteiger partial charge in [0.25, 0.3) is 0 Å². The van der Waals surface area contributed by atoms with Crippen LogP contribution in [0.1, 0.15) is 79.6 Å². The monoisotopic (exact) mass is 323 g/mol. The lowest BCUT2D eigenvalue weighted by molar-refractivity contribution is -0.165. The van der Waals surface area contributed by atoms with Gasteiger partial charge in [-0.2, -0.15) is 0 Å². The number of unbranched alkanes of at least 4 members (excludes halogenated alkanes) is 2. The zero-order valence-corrected chi connectivity index (χ0v) is 16.0. The van der Waals surface area contributed by atoms with Crippen LogP contribution in [-0.4, -0.2) is 36.6 Å². The van der Waals surface area contributed by atoms with E-state index in [0.717, 1.165) is 31.8 Å². The Morgan fingerprint density at radius 1 is 1.13 bits per heavy atom. The maximum atomic E-state index is 12.6. The molecule has 0 aliphatic heterocycles. The van der Waals surface area contributed by atoms with Crippen molar-refractivity contribution in [3.05, 3.63) is 0 Å². The van der Waals surface area contributed by atoms with Crippen LogP contribution in [0.5, 0.6) is 0 Å². The third kappa shape index (κ3) is 4.10. The van der Waals surface area contributed by atoms with Gasteiger partial charge in [-0.1, -0.05) is 47.5 Å². The second-order valence-electron chi connectivity index (χ2n) is 8.77. The van der Waals surface area contributed by atoms with Gasteiger partial charge >= 0.3 is 5.97 Å². The van der Waals surface area contributed by atoms with Gasteiger partial charge in [0.05, 0.1) is 6.54 Å². The third-order valence-electron chi connectivity index (χ3n) is 6.40. The maximum Gasteiger partial charge on any atom is 0.320 e. The first-order chi connectivity index (χ1) is 10.8. The zero-order valence-electron chi connectivity index (χ0n) is 16.0. The highest BCUT2D eigenvalue weighted by Gasteiger charge is 2.61. The van der Waals surface area contributed by atoms with Gasteiger partial charge in [0.15, 0.2) is 0 Å². The molecule has 3 atom stereocenters. The Bertz CT molecular complexity index is 394. The van der Waals surface area contributed by atoms with E-state index in [9.17, 15) is 4.79 Å². The summed E-state index contributed by atoms with van der Waals surface area (Å²) in [6.07, 6.45) is 8.51. The molecule has 0 unspecified atom stereocenters. The van der Waals surface area contributed by atoms with Gasteiger partial charge in [0.1, 0.15) is 6.10 Å². The minimum atomic E-state index is -0.0101. The van der Waals surface area contributed by atoms with E-state index in [2.05, 4.69) is 39.5 Å². The van der Waals surface area contributed by atoms with Crippen molar-refractivity contribution in [2.45, 2.75) is 85.7 Å². The smallest absolute Gasteiger partial charge is 0.320 e. The maximum absolute atomic E-state index is 12.6. The number of carbonyl (C=O) groups is 1. The average molecular weight is 324 g/mol. The fourth-order valence-electron chi connectivity index (χ4n) is 4.94. The van der Waals surface area contributed by atoms with E-state index in [0.29, 0.717) is 6.54 Å². The number of carbonyl (C=O) groups excluding carboxylic acids is 1. The fraction of sp³-hybridized carbons (Fsp3) is 0.950. The Morgan fingerprint density at radius 2 is 1.74 bits per heavy atom.